The number of hydrogen-bond acceptors (Lipinski definition) is 38. The summed E-state index contributed by atoms with van der Waals surface area (Å²) >= 11 is 11.5. The lowest BCUT2D eigenvalue weighted by molar-refractivity contribution is -0.396. The summed E-state index contributed by atoms with van der Waals surface area (Å²) < 4.78 is 90.9. The van der Waals surface area contributed by atoms with E-state index in [-0.39, 0.29) is 34.3 Å². The van der Waals surface area contributed by atoms with E-state index in [4.69, 9.17) is 99.0 Å². The van der Waals surface area contributed by atoms with Crippen LogP contribution in [0.15, 0.2) is 65.2 Å². The van der Waals surface area contributed by atoms with Crippen molar-refractivity contribution in [3.8, 4) is 11.5 Å². The molecule has 37 atom stereocenters. The van der Waals surface area contributed by atoms with E-state index in [1.165, 1.54) is 0 Å². The average Bonchev–Trinajstić information content (AvgIpc) is 1.58. The Morgan fingerprint density at radius 1 is 0.369 bits per heavy atom. The summed E-state index contributed by atoms with van der Waals surface area (Å²) in [7, 11) is 0. The monoisotopic (exact) mass is 1520 g/mol. The van der Waals surface area contributed by atoms with Crippen LogP contribution in [0, 0.1) is 17.3 Å². The fourth-order valence-electron chi connectivity index (χ4n) is 13.6. The standard InChI is InChI=1S/C42H70O35.C21H20Cl2O3/c43-1-8-29-15(50)22(57)36(64-8)72-30-9(2-44)66-38(24(59)17(30)52)74-32-11(4-46)68-40(26(61)19(32)54)76-34-13(6-48)70-42(28(63)21(34)56)77-35-14(7-49)69-41(27(62)20(35)55)75-33-12(5-47)67-39(25(60)18(33)53)73-31-10(3-45)65-37(71-29)23(58)16(31)51;1-21(2)17(12-18(22)23)19(21)20(24)25-13-14-7-6-10-16(11-14)26-15-8-4-3-5-9-15/h8-63H,1-7H2;3-12,17,19H,13H2,1-2H3/t8-,9-,10-,11-,12-,13-,14-,15-,16-,17-,18-,19-,20-,21-,22-,23-,24-,25-,26-,27-,28-,29-,30-,31-,32-,33-,34-,35-,36-,37-,38-,39-,40-,41-,42-;17-,19-/m10/s1. The highest BCUT2D eigenvalue weighted by Gasteiger charge is 2.63. The molecule has 40 heteroatoms. The van der Waals surface area contributed by atoms with Crippen LogP contribution in [0.25, 0.3) is 0 Å². The van der Waals surface area contributed by atoms with Gasteiger partial charge in [0.15, 0.2) is 44.0 Å². The smallest absolute Gasteiger partial charge is 0.310 e. The van der Waals surface area contributed by atoms with E-state index >= 15 is 0 Å². The van der Waals surface area contributed by atoms with Crippen LogP contribution in [-0.4, -0.2) is 374 Å². The van der Waals surface area contributed by atoms with Crippen molar-refractivity contribution in [1.82, 2.24) is 0 Å². The van der Waals surface area contributed by atoms with Gasteiger partial charge < -0.3 is 183 Å². The molecule has 2 aromatic carbocycles. The Morgan fingerprint density at radius 2 is 0.621 bits per heavy atom. The van der Waals surface area contributed by atoms with Crippen molar-refractivity contribution in [3.63, 3.8) is 0 Å². The number of aliphatic hydroxyl groups excluding tert-OH is 21. The molecule has 21 heterocycles. The molecule has 1 aliphatic carbocycles. The van der Waals surface area contributed by atoms with Crippen molar-refractivity contribution in [3.05, 3.63) is 70.7 Å². The first-order chi connectivity index (χ1) is 49.0. The number of hydrogen-bond donors (Lipinski definition) is 21. The maximum Gasteiger partial charge on any atom is 0.310 e. The molecule has 22 fully saturated rings. The molecule has 2 aromatic rings. The van der Waals surface area contributed by atoms with Gasteiger partial charge in [-0.3, -0.25) is 4.79 Å². The first-order valence-electron chi connectivity index (χ1n) is 33.0. The van der Waals surface area contributed by atoms with Crippen molar-refractivity contribution in [2.75, 3.05) is 46.2 Å². The topological polar surface area (TPSA) is 590 Å². The minimum absolute atomic E-state index is 0.00717. The van der Waals surface area contributed by atoms with Crippen molar-refractivity contribution in [1.29, 1.82) is 0 Å². The molecular formula is C63H90Cl2O38. The van der Waals surface area contributed by atoms with Crippen molar-refractivity contribution in [2.45, 2.75) is 235 Å². The van der Waals surface area contributed by atoms with Crippen LogP contribution in [-0.2, 0) is 82.5 Å². The van der Waals surface area contributed by atoms with Gasteiger partial charge >= 0.3 is 5.97 Å². The zero-order valence-corrected chi connectivity index (χ0v) is 56.4. The third-order valence-corrected chi connectivity index (χ3v) is 19.8. The van der Waals surface area contributed by atoms with Crippen LogP contribution in [0.1, 0.15) is 19.4 Å². The molecular weight excluding hydrogens is 1440 g/mol. The van der Waals surface area contributed by atoms with Crippen molar-refractivity contribution < 1.29 is 188 Å². The number of carbonyl (C=O) groups excluding carboxylic acids is 1. The molecule has 21 N–H and O–H groups in total. The van der Waals surface area contributed by atoms with Gasteiger partial charge in [-0.1, -0.05) is 67.4 Å². The van der Waals surface area contributed by atoms with Gasteiger partial charge in [-0.2, -0.15) is 0 Å². The molecule has 103 heavy (non-hydrogen) atoms. The van der Waals surface area contributed by atoms with Gasteiger partial charge in [0.1, 0.15) is 194 Å². The van der Waals surface area contributed by atoms with E-state index < -0.39 is 261 Å². The highest BCUT2D eigenvalue weighted by atomic mass is 35.5. The summed E-state index contributed by atoms with van der Waals surface area (Å²) in [5.74, 6) is 1.01. The average molecular weight is 1530 g/mol. The van der Waals surface area contributed by atoms with Crippen LogP contribution in [0.5, 0.6) is 11.5 Å². The predicted octanol–water partition coefficient (Wildman–Crippen LogP) is -9.12. The van der Waals surface area contributed by atoms with Gasteiger partial charge in [-0.05, 0) is 47.2 Å². The van der Waals surface area contributed by atoms with E-state index in [2.05, 4.69) is 0 Å². The second kappa shape index (κ2) is 35.5. The summed E-state index contributed by atoms with van der Waals surface area (Å²) in [5.41, 5.74) is 0.678. The molecule has 0 aromatic heterocycles. The zero-order valence-electron chi connectivity index (χ0n) is 54.9. The summed E-state index contributed by atoms with van der Waals surface area (Å²) in [6.07, 6.45) is -68.5. The zero-order chi connectivity index (χ0) is 74.8. The van der Waals surface area contributed by atoms with E-state index in [0.717, 1.165) is 11.3 Å². The molecule has 24 rings (SSSR count). The third kappa shape index (κ3) is 17.8. The molecule has 21 saturated heterocycles. The SMILES string of the molecule is CC1(C)[C@H](C(=O)OCc2cccc(Oc3ccccc3)c2)[C@@H]1C=C(Cl)Cl.OC[C@H]1O[C@@H]2O[C@H]3[C@H](O)[C@@H](O)[C@@H](O[C@H]4[C@H](O)[C@@H](O)[C@@H](O[C@H]5[C@H](O)[C@@H](O)[C@@H](O[C@H]6[C@H](O)[C@@H](O)[C@@H](O[C@H]7[C@H](O)[C@@H](O)[C@@H](O[C@H]8[C@H](O)[C@@H](O)[C@@H](O[C@H]1[C@H](O)[C@H]2O)O[C@@H]8CO)O[C@@H]7CO)O[C@@H]6CO)O[C@@H]5CO)O[C@@H]4CO)O[C@@H]3CO. The molecule has 21 aliphatic heterocycles. The van der Waals surface area contributed by atoms with Crippen LogP contribution in [0.4, 0.5) is 0 Å². The molecule has 38 nitrogen and oxygen atoms in total. The minimum Gasteiger partial charge on any atom is -0.461 e. The number of rotatable bonds is 13. The third-order valence-electron chi connectivity index (χ3n) is 19.5. The summed E-state index contributed by atoms with van der Waals surface area (Å²) in [6.45, 7) is -3.12. The fraction of sp³-hybridized carbons (Fsp3) is 0.762. The van der Waals surface area contributed by atoms with E-state index in [9.17, 15) is 112 Å². The lowest BCUT2D eigenvalue weighted by atomic mass is 9.95. The normalized spacial score (nSPS) is 46.5. The van der Waals surface area contributed by atoms with Gasteiger partial charge in [0.2, 0.25) is 0 Å². The Hall–Kier alpha value is -3.37. The number of benzene rings is 2. The fourth-order valence-corrected chi connectivity index (χ4v) is 13.8. The molecule has 22 aliphatic rings. The van der Waals surface area contributed by atoms with Crippen molar-refractivity contribution >= 4 is 29.2 Å². The van der Waals surface area contributed by atoms with Gasteiger partial charge in [0, 0.05) is 0 Å². The number of esters is 1. The highest BCUT2D eigenvalue weighted by Crippen LogP contribution is 2.60. The van der Waals surface area contributed by atoms with Crippen molar-refractivity contribution in [2.24, 2.45) is 17.3 Å². The number of para-hydroxylation sites is 1. The first-order valence-corrected chi connectivity index (χ1v) is 33.8. The second-order valence-electron chi connectivity index (χ2n) is 26.6. The van der Waals surface area contributed by atoms with Gasteiger partial charge in [0.05, 0.1) is 52.2 Å². The molecule has 0 unspecified atom stereocenters. The van der Waals surface area contributed by atoms with E-state index in [1.807, 2.05) is 68.4 Å². The molecule has 14 bridgehead atoms. The van der Waals surface area contributed by atoms with Crippen LogP contribution in [0.2, 0.25) is 0 Å². The number of halogens is 2. The van der Waals surface area contributed by atoms with E-state index in [1.54, 1.807) is 6.08 Å². The summed E-state index contributed by atoms with van der Waals surface area (Å²) in [4.78, 5) is 12.4. The second-order valence-corrected chi connectivity index (χ2v) is 27.6. The Morgan fingerprint density at radius 3 is 0.864 bits per heavy atom. The summed E-state index contributed by atoms with van der Waals surface area (Å²) in [5, 5.41) is 230. The lowest BCUT2D eigenvalue weighted by Crippen LogP contribution is -2.68. The number of allylic oxidation sites excluding steroid dienone is 1. The lowest BCUT2D eigenvalue weighted by Gasteiger charge is -2.50. The number of ether oxygens (including phenoxy) is 16. The number of carbonyl (C=O) groups is 1. The van der Waals surface area contributed by atoms with Crippen LogP contribution < -0.4 is 4.74 Å². The van der Waals surface area contributed by atoms with Crippen LogP contribution in [0.3, 0.4) is 0 Å². The minimum atomic E-state index is -2.21. The maximum atomic E-state index is 12.4. The molecule has 584 valence electrons. The Labute approximate surface area is 596 Å². The van der Waals surface area contributed by atoms with E-state index in [0.29, 0.717) is 5.75 Å². The summed E-state index contributed by atoms with van der Waals surface area (Å²) in [6, 6.07) is 17.0. The predicted molar refractivity (Wildman–Crippen MR) is 332 cm³/mol. The maximum absolute atomic E-state index is 12.4. The molecule has 0 amide bonds. The number of aliphatic hydroxyl groups is 21. The molecule has 0 spiro atoms. The largest absolute Gasteiger partial charge is 0.461 e. The van der Waals surface area contributed by atoms with Crippen LogP contribution >= 0.6 is 23.2 Å². The molecule has 1 saturated carbocycles. The highest BCUT2D eigenvalue weighted by molar-refractivity contribution is 6.55. The van der Waals surface area contributed by atoms with Gasteiger partial charge in [-0.15, -0.1) is 0 Å². The van der Waals surface area contributed by atoms with Gasteiger partial charge in [-0.25, -0.2) is 0 Å². The quantitative estimate of drug-likeness (QED) is 0.0828. The Bertz CT molecular complexity index is 2660. The first kappa shape index (κ1) is 82.1. The molecule has 0 radical (unpaired) electrons. The van der Waals surface area contributed by atoms with Gasteiger partial charge in [0.25, 0.3) is 0 Å². The Kier molecular flexibility index (Phi) is 28.3. The Balaban J connectivity index is 0.000000366.